The number of thiazole rings is 1. The highest BCUT2D eigenvalue weighted by molar-refractivity contribution is 7.13. The first kappa shape index (κ1) is 16.6. The van der Waals surface area contributed by atoms with E-state index in [4.69, 9.17) is 4.74 Å². The second-order valence-corrected chi connectivity index (χ2v) is 6.47. The highest BCUT2D eigenvalue weighted by Crippen LogP contribution is 2.48. The predicted octanol–water partition coefficient (Wildman–Crippen LogP) is 3.13. The topological polar surface area (TPSA) is 68.3 Å². The largest absolute Gasteiger partial charge is 0.466 e. The number of anilines is 1. The van der Waals surface area contributed by atoms with Gasteiger partial charge in [-0.05, 0) is 37.0 Å². The summed E-state index contributed by atoms with van der Waals surface area (Å²) in [5.74, 6) is -0.699. The van der Waals surface area contributed by atoms with Crippen LogP contribution in [0.4, 0.5) is 9.52 Å². The van der Waals surface area contributed by atoms with Crippen molar-refractivity contribution in [2.24, 2.45) is 5.92 Å². The van der Waals surface area contributed by atoms with Crippen molar-refractivity contribution in [3.8, 4) is 0 Å². The fourth-order valence-corrected chi connectivity index (χ4v) is 3.28. The van der Waals surface area contributed by atoms with Crippen LogP contribution in [-0.2, 0) is 20.7 Å². The van der Waals surface area contributed by atoms with E-state index in [1.54, 1.807) is 24.4 Å². The van der Waals surface area contributed by atoms with Crippen molar-refractivity contribution < 1.29 is 18.7 Å². The third-order valence-corrected chi connectivity index (χ3v) is 4.64. The van der Waals surface area contributed by atoms with Gasteiger partial charge in [0.05, 0.1) is 18.7 Å². The SMILES string of the molecule is CCOC(=O)Cc1csc(NC(=O)[C@@H]2C[C@@H]2c2ccc(F)cc2)n1. The number of hydrogen-bond acceptors (Lipinski definition) is 5. The van der Waals surface area contributed by atoms with Gasteiger partial charge in [0.1, 0.15) is 5.82 Å². The summed E-state index contributed by atoms with van der Waals surface area (Å²) in [7, 11) is 0. The third-order valence-electron chi connectivity index (χ3n) is 3.84. The summed E-state index contributed by atoms with van der Waals surface area (Å²) in [6.07, 6.45) is 0.848. The average Bonchev–Trinajstić information content (AvgIpc) is 3.24. The number of ether oxygens (including phenoxy) is 1. The molecule has 5 nitrogen and oxygen atoms in total. The second kappa shape index (κ2) is 7.09. The molecule has 1 aliphatic rings. The van der Waals surface area contributed by atoms with Crippen molar-refractivity contribution in [3.63, 3.8) is 0 Å². The lowest BCUT2D eigenvalue weighted by Crippen LogP contribution is -2.14. The van der Waals surface area contributed by atoms with E-state index in [1.165, 1.54) is 23.5 Å². The maximum Gasteiger partial charge on any atom is 0.311 e. The fourth-order valence-electron chi connectivity index (χ4n) is 2.57. The van der Waals surface area contributed by atoms with E-state index in [2.05, 4.69) is 10.3 Å². The Labute approximate surface area is 142 Å². The number of carbonyl (C=O) groups is 2. The number of carbonyl (C=O) groups excluding carboxylic acids is 2. The van der Waals surface area contributed by atoms with Crippen LogP contribution in [0, 0.1) is 11.7 Å². The van der Waals surface area contributed by atoms with E-state index in [1.807, 2.05) is 0 Å². The summed E-state index contributed by atoms with van der Waals surface area (Å²) in [5.41, 5.74) is 1.55. The fraction of sp³-hybridized carbons (Fsp3) is 0.353. The molecule has 0 radical (unpaired) electrons. The van der Waals surface area contributed by atoms with Crippen LogP contribution in [0.2, 0.25) is 0 Å². The van der Waals surface area contributed by atoms with Gasteiger partial charge in [-0.3, -0.25) is 9.59 Å². The van der Waals surface area contributed by atoms with E-state index < -0.39 is 0 Å². The zero-order chi connectivity index (χ0) is 17.1. The van der Waals surface area contributed by atoms with Crippen molar-refractivity contribution in [1.82, 2.24) is 4.98 Å². The minimum absolute atomic E-state index is 0.0960. The summed E-state index contributed by atoms with van der Waals surface area (Å²) < 4.78 is 17.8. The molecule has 0 unspecified atom stereocenters. The Morgan fingerprint density at radius 3 is 2.83 bits per heavy atom. The molecule has 0 saturated heterocycles. The first-order chi connectivity index (χ1) is 11.6. The average molecular weight is 348 g/mol. The number of esters is 1. The number of nitrogens with one attached hydrogen (secondary N) is 1. The van der Waals surface area contributed by atoms with Crippen LogP contribution < -0.4 is 5.32 Å². The van der Waals surface area contributed by atoms with Gasteiger partial charge in [-0.25, -0.2) is 9.37 Å². The summed E-state index contributed by atoms with van der Waals surface area (Å²) >= 11 is 1.28. The van der Waals surface area contributed by atoms with E-state index in [0.717, 1.165) is 12.0 Å². The Kier molecular flexibility index (Phi) is 4.89. The summed E-state index contributed by atoms with van der Waals surface area (Å²) in [4.78, 5) is 27.9. The molecule has 1 heterocycles. The lowest BCUT2D eigenvalue weighted by Gasteiger charge is -2.02. The molecule has 0 aliphatic heterocycles. The highest BCUT2D eigenvalue weighted by atomic mass is 32.1. The van der Waals surface area contributed by atoms with Crippen molar-refractivity contribution in [3.05, 3.63) is 46.7 Å². The number of nitrogens with zero attached hydrogens (tertiary/aromatic N) is 1. The van der Waals surface area contributed by atoms with Crippen molar-refractivity contribution in [1.29, 1.82) is 0 Å². The molecule has 24 heavy (non-hydrogen) atoms. The van der Waals surface area contributed by atoms with Gasteiger partial charge < -0.3 is 10.1 Å². The molecule has 0 bridgehead atoms. The lowest BCUT2D eigenvalue weighted by atomic mass is 10.1. The number of aromatic nitrogens is 1. The number of benzene rings is 1. The van der Waals surface area contributed by atoms with Crippen molar-refractivity contribution >= 4 is 28.3 Å². The Morgan fingerprint density at radius 2 is 2.12 bits per heavy atom. The van der Waals surface area contributed by atoms with E-state index in [-0.39, 0.29) is 36.0 Å². The zero-order valence-electron chi connectivity index (χ0n) is 13.1. The number of hydrogen-bond donors (Lipinski definition) is 1. The van der Waals surface area contributed by atoms with Crippen LogP contribution in [0.3, 0.4) is 0 Å². The summed E-state index contributed by atoms with van der Waals surface area (Å²) in [6.45, 7) is 2.08. The molecule has 1 aliphatic carbocycles. The van der Waals surface area contributed by atoms with Crippen LogP contribution in [0.5, 0.6) is 0 Å². The van der Waals surface area contributed by atoms with E-state index in [9.17, 15) is 14.0 Å². The number of amides is 1. The van der Waals surface area contributed by atoms with Gasteiger partial charge in [0, 0.05) is 11.3 Å². The van der Waals surface area contributed by atoms with Crippen LogP contribution in [0.1, 0.15) is 30.5 Å². The number of rotatable bonds is 6. The molecule has 1 fully saturated rings. The van der Waals surface area contributed by atoms with Crippen molar-refractivity contribution in [2.75, 3.05) is 11.9 Å². The molecular formula is C17H17FN2O3S. The van der Waals surface area contributed by atoms with Gasteiger partial charge in [0.15, 0.2) is 5.13 Å². The monoisotopic (exact) mass is 348 g/mol. The smallest absolute Gasteiger partial charge is 0.311 e. The summed E-state index contributed by atoms with van der Waals surface area (Å²) in [6, 6.07) is 6.25. The predicted molar refractivity (Wildman–Crippen MR) is 88.3 cm³/mol. The van der Waals surface area contributed by atoms with Gasteiger partial charge in [0.2, 0.25) is 5.91 Å². The minimum atomic E-state index is -0.334. The minimum Gasteiger partial charge on any atom is -0.466 e. The molecule has 1 aromatic heterocycles. The molecule has 1 aromatic carbocycles. The molecule has 7 heteroatoms. The Balaban J connectivity index is 1.54. The highest BCUT2D eigenvalue weighted by Gasteiger charge is 2.44. The van der Waals surface area contributed by atoms with Crippen LogP contribution in [0.25, 0.3) is 0 Å². The quantitative estimate of drug-likeness (QED) is 0.815. The first-order valence-electron chi connectivity index (χ1n) is 7.73. The maximum absolute atomic E-state index is 12.9. The van der Waals surface area contributed by atoms with E-state index >= 15 is 0 Å². The van der Waals surface area contributed by atoms with Crippen LogP contribution in [-0.4, -0.2) is 23.5 Å². The molecule has 1 N–H and O–H groups in total. The van der Waals surface area contributed by atoms with Gasteiger partial charge in [0.25, 0.3) is 0 Å². The lowest BCUT2D eigenvalue weighted by molar-refractivity contribution is -0.142. The normalized spacial score (nSPS) is 18.9. The van der Waals surface area contributed by atoms with Gasteiger partial charge in [-0.15, -0.1) is 11.3 Å². The summed E-state index contributed by atoms with van der Waals surface area (Å²) in [5, 5.41) is 4.99. The first-order valence-corrected chi connectivity index (χ1v) is 8.61. The maximum atomic E-state index is 12.9. The molecule has 3 rings (SSSR count). The van der Waals surface area contributed by atoms with E-state index in [0.29, 0.717) is 17.4 Å². The van der Waals surface area contributed by atoms with Gasteiger partial charge in [-0.1, -0.05) is 12.1 Å². The molecule has 0 spiro atoms. The second-order valence-electron chi connectivity index (χ2n) is 5.62. The van der Waals surface area contributed by atoms with Gasteiger partial charge >= 0.3 is 5.97 Å². The Hall–Kier alpha value is -2.28. The Bertz CT molecular complexity index is 745. The molecular weight excluding hydrogens is 331 g/mol. The number of halogens is 1. The van der Waals surface area contributed by atoms with Crippen LogP contribution >= 0.6 is 11.3 Å². The zero-order valence-corrected chi connectivity index (χ0v) is 13.9. The molecule has 126 valence electrons. The molecule has 1 amide bonds. The van der Waals surface area contributed by atoms with Crippen molar-refractivity contribution in [2.45, 2.75) is 25.7 Å². The molecule has 2 aromatic rings. The van der Waals surface area contributed by atoms with Crippen LogP contribution in [0.15, 0.2) is 29.6 Å². The molecule has 2 atom stereocenters. The third kappa shape index (κ3) is 3.97. The van der Waals surface area contributed by atoms with Gasteiger partial charge in [-0.2, -0.15) is 0 Å². The molecule has 1 saturated carbocycles. The standard InChI is InChI=1S/C17H17FN2O3S/c1-2-23-15(21)7-12-9-24-17(19-12)20-16(22)14-8-13(14)10-3-5-11(18)6-4-10/h3-6,9,13-14H,2,7-8H2,1H3,(H,19,20,22)/t13-,14-/m1/s1. The Morgan fingerprint density at radius 1 is 1.38 bits per heavy atom.